The molecule has 0 saturated heterocycles. The summed E-state index contributed by atoms with van der Waals surface area (Å²) in [5.74, 6) is 0. The standard InChI is InChI=1S/C12H9N5/c13-5-11-12(6-14)17(8-16-11)7-9-1-3-10(15)4-2-9/h1-4,8H,7,15H2. The molecule has 0 atom stereocenters. The van der Waals surface area contributed by atoms with Gasteiger partial charge in [-0.2, -0.15) is 10.5 Å². The third kappa shape index (κ3) is 2.09. The number of benzene rings is 1. The van der Waals surface area contributed by atoms with Crippen molar-refractivity contribution in [1.82, 2.24) is 9.55 Å². The van der Waals surface area contributed by atoms with Crippen LogP contribution in [0, 0.1) is 22.7 Å². The lowest BCUT2D eigenvalue weighted by Crippen LogP contribution is -2.01. The van der Waals surface area contributed by atoms with Gasteiger partial charge in [0.25, 0.3) is 0 Å². The number of hydrogen-bond acceptors (Lipinski definition) is 4. The summed E-state index contributed by atoms with van der Waals surface area (Å²) >= 11 is 0. The highest BCUT2D eigenvalue weighted by molar-refractivity contribution is 5.40. The molecule has 0 radical (unpaired) electrons. The molecule has 0 spiro atoms. The molecule has 0 aliphatic rings. The number of nitrogen functional groups attached to an aromatic ring is 1. The monoisotopic (exact) mass is 223 g/mol. The van der Waals surface area contributed by atoms with Gasteiger partial charge in [0.15, 0.2) is 11.4 Å². The number of nitriles is 2. The summed E-state index contributed by atoms with van der Waals surface area (Å²) in [5.41, 5.74) is 7.71. The Morgan fingerprint density at radius 1 is 1.18 bits per heavy atom. The van der Waals surface area contributed by atoms with E-state index in [-0.39, 0.29) is 11.4 Å². The van der Waals surface area contributed by atoms with Crippen LogP contribution in [-0.2, 0) is 6.54 Å². The van der Waals surface area contributed by atoms with Gasteiger partial charge in [0.05, 0.1) is 6.33 Å². The number of hydrogen-bond donors (Lipinski definition) is 1. The van der Waals surface area contributed by atoms with E-state index in [4.69, 9.17) is 16.3 Å². The zero-order valence-corrected chi connectivity index (χ0v) is 8.96. The fourth-order valence-electron chi connectivity index (χ4n) is 1.52. The number of anilines is 1. The molecule has 82 valence electrons. The largest absolute Gasteiger partial charge is 0.399 e. The normalized spacial score (nSPS) is 9.53. The van der Waals surface area contributed by atoms with Gasteiger partial charge in [-0.25, -0.2) is 4.98 Å². The minimum Gasteiger partial charge on any atom is -0.399 e. The van der Waals surface area contributed by atoms with Crippen molar-refractivity contribution in [2.75, 3.05) is 5.73 Å². The molecular weight excluding hydrogens is 214 g/mol. The van der Waals surface area contributed by atoms with Crippen LogP contribution in [0.1, 0.15) is 17.0 Å². The molecule has 0 bridgehead atoms. The Hall–Kier alpha value is -2.79. The van der Waals surface area contributed by atoms with Crippen molar-refractivity contribution in [2.45, 2.75) is 6.54 Å². The summed E-state index contributed by atoms with van der Waals surface area (Å²) in [5, 5.41) is 17.7. The van der Waals surface area contributed by atoms with Crippen molar-refractivity contribution in [3.63, 3.8) is 0 Å². The fourth-order valence-corrected chi connectivity index (χ4v) is 1.52. The first-order valence-electron chi connectivity index (χ1n) is 4.94. The predicted molar refractivity (Wildman–Crippen MR) is 61.6 cm³/mol. The molecule has 1 aromatic carbocycles. The maximum atomic E-state index is 8.96. The highest BCUT2D eigenvalue weighted by Crippen LogP contribution is 2.11. The first-order chi connectivity index (χ1) is 8.24. The summed E-state index contributed by atoms with van der Waals surface area (Å²) < 4.78 is 1.64. The van der Waals surface area contributed by atoms with Crippen LogP contribution in [0.25, 0.3) is 0 Å². The lowest BCUT2D eigenvalue weighted by atomic mass is 10.2. The summed E-state index contributed by atoms with van der Waals surface area (Å²) in [4.78, 5) is 3.87. The lowest BCUT2D eigenvalue weighted by molar-refractivity contribution is 0.786. The zero-order chi connectivity index (χ0) is 12.3. The van der Waals surface area contributed by atoms with Gasteiger partial charge in [0, 0.05) is 12.2 Å². The number of nitrogens with zero attached hydrogens (tertiary/aromatic N) is 4. The van der Waals surface area contributed by atoms with E-state index in [0.717, 1.165) is 5.56 Å². The lowest BCUT2D eigenvalue weighted by Gasteiger charge is -2.04. The molecule has 2 rings (SSSR count). The fraction of sp³-hybridized carbons (Fsp3) is 0.0833. The number of imidazole rings is 1. The van der Waals surface area contributed by atoms with Crippen LogP contribution in [0.3, 0.4) is 0 Å². The third-order valence-corrected chi connectivity index (χ3v) is 2.38. The molecule has 1 heterocycles. The summed E-state index contributed by atoms with van der Waals surface area (Å²) in [6.45, 7) is 0.498. The van der Waals surface area contributed by atoms with Gasteiger partial charge in [0.2, 0.25) is 0 Å². The van der Waals surface area contributed by atoms with E-state index < -0.39 is 0 Å². The Morgan fingerprint density at radius 2 is 1.88 bits per heavy atom. The van der Waals surface area contributed by atoms with Crippen LogP contribution in [0.4, 0.5) is 5.69 Å². The quantitative estimate of drug-likeness (QED) is 0.775. The maximum Gasteiger partial charge on any atom is 0.176 e. The Morgan fingerprint density at radius 3 is 2.47 bits per heavy atom. The van der Waals surface area contributed by atoms with Crippen LogP contribution in [0.15, 0.2) is 30.6 Å². The summed E-state index contributed by atoms with van der Waals surface area (Å²) in [7, 11) is 0. The van der Waals surface area contributed by atoms with Gasteiger partial charge >= 0.3 is 0 Å². The maximum absolute atomic E-state index is 8.96. The smallest absolute Gasteiger partial charge is 0.176 e. The predicted octanol–water partition coefficient (Wildman–Crippen LogP) is 1.26. The van der Waals surface area contributed by atoms with Crippen molar-refractivity contribution < 1.29 is 0 Å². The third-order valence-electron chi connectivity index (χ3n) is 2.38. The van der Waals surface area contributed by atoms with Crippen molar-refractivity contribution in [2.24, 2.45) is 0 Å². The van der Waals surface area contributed by atoms with Crippen molar-refractivity contribution in [1.29, 1.82) is 10.5 Å². The van der Waals surface area contributed by atoms with Crippen LogP contribution >= 0.6 is 0 Å². The minimum atomic E-state index is 0.156. The van der Waals surface area contributed by atoms with E-state index in [2.05, 4.69) is 4.98 Å². The van der Waals surface area contributed by atoms with Gasteiger partial charge < -0.3 is 10.3 Å². The highest BCUT2D eigenvalue weighted by atomic mass is 15.1. The van der Waals surface area contributed by atoms with E-state index in [9.17, 15) is 0 Å². The Kier molecular flexibility index (Phi) is 2.76. The average Bonchev–Trinajstić information content (AvgIpc) is 2.74. The topological polar surface area (TPSA) is 91.4 Å². The van der Waals surface area contributed by atoms with Gasteiger partial charge in [-0.15, -0.1) is 0 Å². The second-order valence-electron chi connectivity index (χ2n) is 3.53. The molecule has 5 nitrogen and oxygen atoms in total. The molecular formula is C12H9N5. The molecule has 2 N–H and O–H groups in total. The Balaban J connectivity index is 2.31. The average molecular weight is 223 g/mol. The van der Waals surface area contributed by atoms with E-state index in [1.807, 2.05) is 24.3 Å². The molecule has 0 amide bonds. The van der Waals surface area contributed by atoms with Crippen LogP contribution in [0.2, 0.25) is 0 Å². The number of aromatic nitrogens is 2. The second-order valence-corrected chi connectivity index (χ2v) is 3.53. The van der Waals surface area contributed by atoms with Gasteiger partial charge in [0.1, 0.15) is 12.1 Å². The first-order valence-corrected chi connectivity index (χ1v) is 4.94. The molecule has 17 heavy (non-hydrogen) atoms. The summed E-state index contributed by atoms with van der Waals surface area (Å²) in [6, 6.07) is 11.2. The molecule has 2 aromatic rings. The molecule has 0 aliphatic heterocycles. The van der Waals surface area contributed by atoms with Gasteiger partial charge in [-0.3, -0.25) is 0 Å². The first kappa shape index (κ1) is 10.7. The van der Waals surface area contributed by atoms with E-state index in [1.165, 1.54) is 6.33 Å². The summed E-state index contributed by atoms with van der Waals surface area (Å²) in [6.07, 6.45) is 1.49. The second kappa shape index (κ2) is 4.38. The Labute approximate surface area is 98.3 Å². The highest BCUT2D eigenvalue weighted by Gasteiger charge is 2.09. The molecule has 0 aliphatic carbocycles. The van der Waals surface area contributed by atoms with Crippen molar-refractivity contribution in [3.8, 4) is 12.1 Å². The van der Waals surface area contributed by atoms with Crippen molar-refractivity contribution in [3.05, 3.63) is 47.5 Å². The van der Waals surface area contributed by atoms with Crippen LogP contribution < -0.4 is 5.73 Å². The van der Waals surface area contributed by atoms with Crippen LogP contribution in [-0.4, -0.2) is 9.55 Å². The molecule has 1 aromatic heterocycles. The van der Waals surface area contributed by atoms with E-state index >= 15 is 0 Å². The number of nitrogens with two attached hydrogens (primary N) is 1. The van der Waals surface area contributed by atoms with Gasteiger partial charge in [-0.05, 0) is 17.7 Å². The zero-order valence-electron chi connectivity index (χ0n) is 8.96. The van der Waals surface area contributed by atoms with Crippen molar-refractivity contribution >= 4 is 5.69 Å². The molecule has 5 heteroatoms. The van der Waals surface area contributed by atoms with E-state index in [0.29, 0.717) is 12.2 Å². The molecule has 0 fully saturated rings. The minimum absolute atomic E-state index is 0.156. The Bertz CT molecular complexity index is 610. The number of rotatable bonds is 2. The molecule has 0 saturated carbocycles. The SMILES string of the molecule is N#Cc1ncn(Cc2ccc(N)cc2)c1C#N. The van der Waals surface area contributed by atoms with Gasteiger partial charge in [-0.1, -0.05) is 12.1 Å². The van der Waals surface area contributed by atoms with Crippen LogP contribution in [0.5, 0.6) is 0 Å². The van der Waals surface area contributed by atoms with E-state index in [1.54, 1.807) is 16.7 Å². The molecule has 0 unspecified atom stereocenters.